The van der Waals surface area contributed by atoms with Crippen LogP contribution in [0.4, 0.5) is 8.78 Å². The van der Waals surface area contributed by atoms with Gasteiger partial charge in [-0.05, 0) is 26.0 Å². The van der Waals surface area contributed by atoms with E-state index >= 15 is 0 Å². The van der Waals surface area contributed by atoms with Gasteiger partial charge in [0.1, 0.15) is 11.6 Å². The standard InChI is InChI=1S/C12H15F2NO2/c1-7-6-17-12(16,8(2)15-7)9-3-10(13)5-11(14)4-9/h3-5,7-8,15-16H,6H2,1-2H3/t7-,8+,12+/m0/s1. The molecule has 0 amide bonds. The van der Waals surface area contributed by atoms with Crippen molar-refractivity contribution >= 4 is 0 Å². The maximum absolute atomic E-state index is 13.1. The minimum absolute atomic E-state index is 0.0851. The summed E-state index contributed by atoms with van der Waals surface area (Å²) in [4.78, 5) is 0. The van der Waals surface area contributed by atoms with Crippen LogP contribution < -0.4 is 5.32 Å². The van der Waals surface area contributed by atoms with Gasteiger partial charge in [0.25, 0.3) is 0 Å². The second-order valence-corrected chi connectivity index (χ2v) is 4.45. The second kappa shape index (κ2) is 4.33. The van der Waals surface area contributed by atoms with Crippen LogP contribution in [0.3, 0.4) is 0 Å². The number of hydrogen-bond donors (Lipinski definition) is 2. The molecule has 94 valence electrons. The minimum Gasteiger partial charge on any atom is -0.361 e. The van der Waals surface area contributed by atoms with E-state index in [2.05, 4.69) is 5.32 Å². The summed E-state index contributed by atoms with van der Waals surface area (Å²) < 4.78 is 31.6. The molecule has 2 rings (SSSR count). The molecule has 2 N–H and O–H groups in total. The predicted molar refractivity (Wildman–Crippen MR) is 58.3 cm³/mol. The molecule has 1 aromatic carbocycles. The zero-order valence-electron chi connectivity index (χ0n) is 9.71. The lowest BCUT2D eigenvalue weighted by Crippen LogP contribution is -2.58. The molecule has 0 aliphatic carbocycles. The molecule has 0 saturated carbocycles. The molecule has 5 heteroatoms. The van der Waals surface area contributed by atoms with E-state index in [4.69, 9.17) is 4.74 Å². The first-order chi connectivity index (χ1) is 7.91. The van der Waals surface area contributed by atoms with E-state index < -0.39 is 23.5 Å². The smallest absolute Gasteiger partial charge is 0.208 e. The number of ether oxygens (including phenoxy) is 1. The van der Waals surface area contributed by atoms with Gasteiger partial charge in [0.05, 0.1) is 12.6 Å². The van der Waals surface area contributed by atoms with Crippen molar-refractivity contribution in [2.45, 2.75) is 31.7 Å². The number of morpholine rings is 1. The monoisotopic (exact) mass is 243 g/mol. The van der Waals surface area contributed by atoms with Crippen LogP contribution in [0.1, 0.15) is 19.4 Å². The Balaban J connectivity index is 2.37. The molecule has 1 aliphatic rings. The van der Waals surface area contributed by atoms with Gasteiger partial charge in [-0.3, -0.25) is 0 Å². The van der Waals surface area contributed by atoms with Crippen LogP contribution in [-0.4, -0.2) is 23.8 Å². The lowest BCUT2D eigenvalue weighted by atomic mass is 9.96. The Kier molecular flexibility index (Phi) is 3.16. The van der Waals surface area contributed by atoms with Gasteiger partial charge >= 0.3 is 0 Å². The fourth-order valence-corrected chi connectivity index (χ4v) is 2.06. The SMILES string of the molecule is C[C@H]1CO[C@@](O)(c2cc(F)cc(F)c2)[C@@H](C)N1. The summed E-state index contributed by atoms with van der Waals surface area (Å²) in [5.74, 6) is -3.17. The van der Waals surface area contributed by atoms with E-state index in [1.54, 1.807) is 6.92 Å². The Labute approximate surface area is 98.4 Å². The lowest BCUT2D eigenvalue weighted by molar-refractivity contribution is -0.253. The molecule has 1 aliphatic heterocycles. The summed E-state index contributed by atoms with van der Waals surface area (Å²) >= 11 is 0. The van der Waals surface area contributed by atoms with Crippen molar-refractivity contribution in [3.8, 4) is 0 Å². The molecule has 0 unspecified atom stereocenters. The molecular weight excluding hydrogens is 228 g/mol. The molecule has 1 saturated heterocycles. The highest BCUT2D eigenvalue weighted by Crippen LogP contribution is 2.30. The van der Waals surface area contributed by atoms with Gasteiger partial charge in [-0.2, -0.15) is 0 Å². The van der Waals surface area contributed by atoms with E-state index in [0.717, 1.165) is 18.2 Å². The van der Waals surface area contributed by atoms with Gasteiger partial charge in [0.2, 0.25) is 5.79 Å². The van der Waals surface area contributed by atoms with E-state index in [1.807, 2.05) is 6.92 Å². The number of aliphatic hydroxyl groups is 1. The van der Waals surface area contributed by atoms with E-state index in [1.165, 1.54) is 0 Å². The third kappa shape index (κ3) is 2.31. The lowest BCUT2D eigenvalue weighted by Gasteiger charge is -2.41. The zero-order chi connectivity index (χ0) is 12.6. The Hall–Kier alpha value is -1.04. The number of nitrogens with one attached hydrogen (secondary N) is 1. The van der Waals surface area contributed by atoms with E-state index in [0.29, 0.717) is 0 Å². The average Bonchev–Trinajstić information content (AvgIpc) is 2.22. The normalized spacial score (nSPS) is 33.7. The highest BCUT2D eigenvalue weighted by atomic mass is 19.1. The van der Waals surface area contributed by atoms with Crippen LogP contribution in [0.25, 0.3) is 0 Å². The molecule has 1 fully saturated rings. The predicted octanol–water partition coefficient (Wildman–Crippen LogP) is 1.51. The maximum atomic E-state index is 13.1. The van der Waals surface area contributed by atoms with Gasteiger partial charge in [-0.25, -0.2) is 8.78 Å². The highest BCUT2D eigenvalue weighted by molar-refractivity contribution is 5.24. The minimum atomic E-state index is -1.70. The summed E-state index contributed by atoms with van der Waals surface area (Å²) in [5.41, 5.74) is 0.0851. The molecular formula is C12H15F2NO2. The van der Waals surface area contributed by atoms with Gasteiger partial charge < -0.3 is 15.2 Å². The number of benzene rings is 1. The molecule has 0 spiro atoms. The average molecular weight is 243 g/mol. The molecule has 0 aromatic heterocycles. The molecule has 17 heavy (non-hydrogen) atoms. The Morgan fingerprint density at radius 3 is 2.41 bits per heavy atom. The highest BCUT2D eigenvalue weighted by Gasteiger charge is 2.41. The number of halogens is 2. The summed E-state index contributed by atoms with van der Waals surface area (Å²) in [6.07, 6.45) is 0. The Morgan fingerprint density at radius 2 is 1.88 bits per heavy atom. The van der Waals surface area contributed by atoms with E-state index in [-0.39, 0.29) is 18.2 Å². The van der Waals surface area contributed by atoms with Crippen molar-refractivity contribution in [3.05, 3.63) is 35.4 Å². The fraction of sp³-hybridized carbons (Fsp3) is 0.500. The molecule has 0 radical (unpaired) electrons. The molecule has 1 aromatic rings. The van der Waals surface area contributed by atoms with Crippen molar-refractivity contribution in [1.82, 2.24) is 5.32 Å². The van der Waals surface area contributed by atoms with Crippen molar-refractivity contribution in [3.63, 3.8) is 0 Å². The van der Waals surface area contributed by atoms with Gasteiger partial charge in [-0.15, -0.1) is 0 Å². The van der Waals surface area contributed by atoms with Crippen molar-refractivity contribution < 1.29 is 18.6 Å². The Morgan fingerprint density at radius 1 is 1.29 bits per heavy atom. The number of rotatable bonds is 1. The van der Waals surface area contributed by atoms with Crippen molar-refractivity contribution in [1.29, 1.82) is 0 Å². The van der Waals surface area contributed by atoms with Crippen LogP contribution in [0.2, 0.25) is 0 Å². The third-order valence-corrected chi connectivity index (χ3v) is 2.95. The van der Waals surface area contributed by atoms with E-state index in [9.17, 15) is 13.9 Å². The number of hydrogen-bond acceptors (Lipinski definition) is 3. The molecule has 0 bridgehead atoms. The van der Waals surface area contributed by atoms with Gasteiger partial charge in [-0.1, -0.05) is 0 Å². The summed E-state index contributed by atoms with van der Waals surface area (Å²) in [6.45, 7) is 3.89. The van der Waals surface area contributed by atoms with Crippen LogP contribution in [0.15, 0.2) is 18.2 Å². The quantitative estimate of drug-likeness (QED) is 0.785. The first kappa shape index (κ1) is 12.4. The Bertz CT molecular complexity index is 407. The van der Waals surface area contributed by atoms with Gasteiger partial charge in [0, 0.05) is 17.7 Å². The van der Waals surface area contributed by atoms with Crippen LogP contribution in [0.5, 0.6) is 0 Å². The summed E-state index contributed by atoms with van der Waals surface area (Å²) in [6, 6.07) is 2.56. The molecule has 1 heterocycles. The fourth-order valence-electron chi connectivity index (χ4n) is 2.06. The van der Waals surface area contributed by atoms with Crippen LogP contribution in [-0.2, 0) is 10.5 Å². The topological polar surface area (TPSA) is 41.5 Å². The first-order valence-corrected chi connectivity index (χ1v) is 5.51. The maximum Gasteiger partial charge on any atom is 0.208 e. The third-order valence-electron chi connectivity index (χ3n) is 2.95. The first-order valence-electron chi connectivity index (χ1n) is 5.51. The van der Waals surface area contributed by atoms with Crippen LogP contribution in [0, 0.1) is 11.6 Å². The van der Waals surface area contributed by atoms with Crippen LogP contribution >= 0.6 is 0 Å². The van der Waals surface area contributed by atoms with Gasteiger partial charge in [0.15, 0.2) is 0 Å². The zero-order valence-corrected chi connectivity index (χ0v) is 9.71. The van der Waals surface area contributed by atoms with Crippen molar-refractivity contribution in [2.75, 3.05) is 6.61 Å². The largest absolute Gasteiger partial charge is 0.361 e. The van der Waals surface area contributed by atoms with Crippen molar-refractivity contribution in [2.24, 2.45) is 0 Å². The molecule has 3 atom stereocenters. The second-order valence-electron chi connectivity index (χ2n) is 4.45. The molecule has 3 nitrogen and oxygen atoms in total. The summed E-state index contributed by atoms with van der Waals surface area (Å²) in [7, 11) is 0. The summed E-state index contributed by atoms with van der Waals surface area (Å²) in [5, 5.41) is 13.4.